The van der Waals surface area contributed by atoms with E-state index in [9.17, 15) is 0 Å². The van der Waals surface area contributed by atoms with Crippen molar-refractivity contribution in [1.82, 2.24) is 9.97 Å². The van der Waals surface area contributed by atoms with Gasteiger partial charge in [0.2, 0.25) is 0 Å². The summed E-state index contributed by atoms with van der Waals surface area (Å²) in [5, 5.41) is 0. The maximum absolute atomic E-state index is 5.58. The summed E-state index contributed by atoms with van der Waals surface area (Å²) in [4.78, 5) is 9.07. The topological polar surface area (TPSA) is 77.0 Å². The predicted molar refractivity (Wildman–Crippen MR) is 68.8 cm³/mol. The van der Waals surface area contributed by atoms with Crippen molar-refractivity contribution in [3.8, 4) is 11.6 Å². The molecule has 2 heterocycles. The number of nitrogen functional groups attached to an aromatic ring is 1. The molecule has 5 nitrogen and oxygen atoms in total. The van der Waals surface area contributed by atoms with Crippen molar-refractivity contribution >= 4 is 5.82 Å². The predicted octanol–water partition coefficient (Wildman–Crippen LogP) is 2.29. The van der Waals surface area contributed by atoms with E-state index >= 15 is 0 Å². The number of aryl methyl sites for hydroxylation is 1. The minimum Gasteiger partial charge on any atom is -0.461 e. The van der Waals surface area contributed by atoms with Gasteiger partial charge in [-0.1, -0.05) is 6.42 Å². The van der Waals surface area contributed by atoms with E-state index in [1.807, 2.05) is 12.1 Å². The first-order valence-corrected chi connectivity index (χ1v) is 6.29. The molecule has 1 aliphatic carbocycles. The second kappa shape index (κ2) is 4.78. The largest absolute Gasteiger partial charge is 0.461 e. The Balaban J connectivity index is 2.10. The fourth-order valence-corrected chi connectivity index (χ4v) is 2.41. The number of hydrogen-bond donors (Lipinski definition) is 2. The van der Waals surface area contributed by atoms with Crippen LogP contribution in [0.25, 0.3) is 11.6 Å². The molecule has 3 rings (SSSR count). The minimum absolute atomic E-state index is 0.605. The molecular weight excluding hydrogens is 228 g/mol. The van der Waals surface area contributed by atoms with Gasteiger partial charge < -0.3 is 9.84 Å². The fraction of sp³-hybridized carbons (Fsp3) is 0.385. The summed E-state index contributed by atoms with van der Waals surface area (Å²) in [6.07, 6.45) is 7.18. The first kappa shape index (κ1) is 11.2. The maximum Gasteiger partial charge on any atom is 0.197 e. The summed E-state index contributed by atoms with van der Waals surface area (Å²) in [5.74, 6) is 7.59. The molecule has 3 N–H and O–H groups in total. The van der Waals surface area contributed by atoms with Crippen LogP contribution in [0.15, 0.2) is 22.8 Å². The molecule has 94 valence electrons. The monoisotopic (exact) mass is 244 g/mol. The van der Waals surface area contributed by atoms with Crippen LogP contribution in [0.2, 0.25) is 0 Å². The van der Waals surface area contributed by atoms with E-state index in [2.05, 4.69) is 15.4 Å². The zero-order valence-corrected chi connectivity index (χ0v) is 10.1. The minimum atomic E-state index is 0.605. The Bertz CT molecular complexity index is 536. The van der Waals surface area contributed by atoms with Gasteiger partial charge in [-0.15, -0.1) is 0 Å². The number of nitrogens with zero attached hydrogens (tertiary/aromatic N) is 2. The maximum atomic E-state index is 5.58. The average molecular weight is 244 g/mol. The lowest BCUT2D eigenvalue weighted by molar-refractivity contribution is 0.576. The second-order valence-corrected chi connectivity index (χ2v) is 4.50. The van der Waals surface area contributed by atoms with Crippen molar-refractivity contribution in [2.24, 2.45) is 5.84 Å². The van der Waals surface area contributed by atoms with Crippen molar-refractivity contribution in [1.29, 1.82) is 0 Å². The average Bonchev–Trinajstić information content (AvgIpc) is 2.83. The van der Waals surface area contributed by atoms with E-state index in [-0.39, 0.29) is 0 Å². The number of nitrogens with one attached hydrogen (secondary N) is 1. The molecule has 2 aromatic rings. The molecule has 2 aromatic heterocycles. The molecule has 0 unspecified atom stereocenters. The van der Waals surface area contributed by atoms with Crippen LogP contribution in [-0.2, 0) is 12.8 Å². The quantitative estimate of drug-likeness (QED) is 0.481. The molecule has 0 spiro atoms. The molecule has 0 radical (unpaired) electrons. The van der Waals surface area contributed by atoms with E-state index in [1.165, 1.54) is 19.3 Å². The molecular formula is C13H16N4O. The Labute approximate surface area is 105 Å². The third kappa shape index (κ3) is 1.97. The first-order valence-electron chi connectivity index (χ1n) is 6.29. The molecule has 5 heteroatoms. The Hall–Kier alpha value is -1.88. The normalized spacial score (nSPS) is 14.9. The van der Waals surface area contributed by atoms with E-state index in [1.54, 1.807) is 6.26 Å². The van der Waals surface area contributed by atoms with Crippen molar-refractivity contribution in [2.45, 2.75) is 32.1 Å². The summed E-state index contributed by atoms with van der Waals surface area (Å²) >= 11 is 0. The summed E-state index contributed by atoms with van der Waals surface area (Å²) < 4.78 is 5.35. The van der Waals surface area contributed by atoms with Crippen molar-refractivity contribution in [3.05, 3.63) is 29.7 Å². The van der Waals surface area contributed by atoms with Gasteiger partial charge in [-0.2, -0.15) is 0 Å². The van der Waals surface area contributed by atoms with Crippen LogP contribution in [0.4, 0.5) is 5.82 Å². The second-order valence-electron chi connectivity index (χ2n) is 4.50. The highest BCUT2D eigenvalue weighted by Gasteiger charge is 2.17. The van der Waals surface area contributed by atoms with Crippen LogP contribution in [-0.4, -0.2) is 9.97 Å². The van der Waals surface area contributed by atoms with Crippen LogP contribution >= 0.6 is 0 Å². The van der Waals surface area contributed by atoms with Crippen LogP contribution in [0.1, 0.15) is 30.5 Å². The summed E-state index contributed by atoms with van der Waals surface area (Å²) in [6.45, 7) is 0. The molecule has 0 aromatic carbocycles. The van der Waals surface area contributed by atoms with Crippen LogP contribution in [0.3, 0.4) is 0 Å². The molecule has 18 heavy (non-hydrogen) atoms. The molecule has 0 amide bonds. The molecule has 0 aliphatic heterocycles. The van der Waals surface area contributed by atoms with Crippen molar-refractivity contribution in [2.75, 3.05) is 5.43 Å². The zero-order valence-electron chi connectivity index (χ0n) is 10.1. The number of nitrogens with two attached hydrogens (primary N) is 1. The lowest BCUT2D eigenvalue weighted by Gasteiger charge is -2.11. The lowest BCUT2D eigenvalue weighted by Crippen LogP contribution is -2.14. The van der Waals surface area contributed by atoms with Gasteiger partial charge in [0.05, 0.1) is 6.26 Å². The van der Waals surface area contributed by atoms with Gasteiger partial charge >= 0.3 is 0 Å². The van der Waals surface area contributed by atoms with Gasteiger partial charge in [0.1, 0.15) is 5.82 Å². The zero-order chi connectivity index (χ0) is 12.4. The van der Waals surface area contributed by atoms with E-state index in [0.29, 0.717) is 11.6 Å². The van der Waals surface area contributed by atoms with Crippen molar-refractivity contribution in [3.63, 3.8) is 0 Å². The Kier molecular flexibility index (Phi) is 2.98. The van der Waals surface area contributed by atoms with Gasteiger partial charge in [-0.25, -0.2) is 15.8 Å². The van der Waals surface area contributed by atoms with Crippen LogP contribution in [0, 0.1) is 0 Å². The molecule has 0 fully saturated rings. The molecule has 1 aliphatic rings. The van der Waals surface area contributed by atoms with Gasteiger partial charge in [0.25, 0.3) is 0 Å². The molecule has 0 bridgehead atoms. The highest BCUT2D eigenvalue weighted by atomic mass is 16.3. The van der Waals surface area contributed by atoms with Gasteiger partial charge in [-0.05, 0) is 37.8 Å². The first-order chi connectivity index (χ1) is 8.88. The van der Waals surface area contributed by atoms with Gasteiger partial charge in [0, 0.05) is 11.3 Å². The van der Waals surface area contributed by atoms with E-state index in [4.69, 9.17) is 10.3 Å². The Morgan fingerprint density at radius 3 is 2.83 bits per heavy atom. The number of fused-ring (bicyclic) bond motifs is 1. The third-order valence-electron chi connectivity index (χ3n) is 3.31. The molecule has 0 saturated heterocycles. The Morgan fingerprint density at radius 2 is 2.06 bits per heavy atom. The van der Waals surface area contributed by atoms with Gasteiger partial charge in [0.15, 0.2) is 11.6 Å². The van der Waals surface area contributed by atoms with E-state index in [0.717, 1.165) is 29.9 Å². The number of aromatic nitrogens is 2. The summed E-state index contributed by atoms with van der Waals surface area (Å²) in [5.41, 5.74) is 4.95. The highest BCUT2D eigenvalue weighted by Crippen LogP contribution is 2.27. The number of hydrogen-bond acceptors (Lipinski definition) is 5. The smallest absolute Gasteiger partial charge is 0.197 e. The van der Waals surface area contributed by atoms with Crippen LogP contribution in [0.5, 0.6) is 0 Å². The molecule has 0 saturated carbocycles. The van der Waals surface area contributed by atoms with Crippen molar-refractivity contribution < 1.29 is 4.42 Å². The highest BCUT2D eigenvalue weighted by molar-refractivity contribution is 5.55. The number of furan rings is 1. The lowest BCUT2D eigenvalue weighted by atomic mass is 10.1. The number of hydrazine groups is 1. The number of anilines is 1. The van der Waals surface area contributed by atoms with Crippen LogP contribution < -0.4 is 11.3 Å². The summed E-state index contributed by atoms with van der Waals surface area (Å²) in [7, 11) is 0. The fourth-order valence-electron chi connectivity index (χ4n) is 2.41. The standard InChI is InChI=1S/C13H16N4O/c14-17-12-9-5-2-1-3-6-10(9)15-13(16-12)11-7-4-8-18-11/h4,7-8H,1-3,5-6,14H2,(H,15,16,17). The van der Waals surface area contributed by atoms with Gasteiger partial charge in [-0.3, -0.25) is 0 Å². The summed E-state index contributed by atoms with van der Waals surface area (Å²) in [6, 6.07) is 3.69. The SMILES string of the molecule is NNc1nc(-c2ccco2)nc2c1CCCCC2. The number of rotatable bonds is 2. The Morgan fingerprint density at radius 1 is 1.17 bits per heavy atom. The molecule has 0 atom stereocenters. The third-order valence-corrected chi connectivity index (χ3v) is 3.31. The van der Waals surface area contributed by atoms with E-state index < -0.39 is 0 Å².